The summed E-state index contributed by atoms with van der Waals surface area (Å²) >= 11 is 0. The van der Waals surface area contributed by atoms with Gasteiger partial charge >= 0.3 is 11.9 Å². The molecule has 0 radical (unpaired) electrons. The minimum Gasteiger partial charge on any atom is -0.459 e. The Hall–Kier alpha value is -1.50. The van der Waals surface area contributed by atoms with Crippen molar-refractivity contribution in [3.63, 3.8) is 0 Å². The molecule has 0 atom stereocenters. The van der Waals surface area contributed by atoms with Gasteiger partial charge in [-0.3, -0.25) is 9.59 Å². The Bertz CT molecular complexity index is 432. The summed E-state index contributed by atoms with van der Waals surface area (Å²) in [5, 5.41) is 0. The zero-order chi connectivity index (χ0) is 20.2. The fraction of sp³-hybridized carbons (Fsp3) is 0.818. The summed E-state index contributed by atoms with van der Waals surface area (Å²) in [5.74, 6) is 0.843. The predicted molar refractivity (Wildman–Crippen MR) is 106 cm³/mol. The van der Waals surface area contributed by atoms with Gasteiger partial charge in [-0.1, -0.05) is 38.5 Å². The maximum atomic E-state index is 12.4. The molecule has 0 aliphatic rings. The van der Waals surface area contributed by atoms with E-state index in [1.54, 1.807) is 41.5 Å². The Balaban J connectivity index is 4.39. The molecule has 0 aliphatic heterocycles. The second kappa shape index (κ2) is 12.0. The molecule has 26 heavy (non-hydrogen) atoms. The largest absolute Gasteiger partial charge is 0.459 e. The van der Waals surface area contributed by atoms with E-state index < -0.39 is 29.1 Å². The summed E-state index contributed by atoms with van der Waals surface area (Å²) < 4.78 is 10.8. The molecule has 0 saturated heterocycles. The molecule has 0 fully saturated rings. The maximum Gasteiger partial charge on any atom is 0.320 e. The zero-order valence-electron chi connectivity index (χ0n) is 17.7. The van der Waals surface area contributed by atoms with E-state index in [1.807, 2.05) is 0 Å². The van der Waals surface area contributed by atoms with Crippen LogP contribution in [0.4, 0.5) is 0 Å². The van der Waals surface area contributed by atoms with Gasteiger partial charge in [0.2, 0.25) is 0 Å². The number of esters is 2. The number of hydrogen-bond donors (Lipinski definition) is 0. The molecule has 0 amide bonds. The molecule has 0 aromatic heterocycles. The highest BCUT2D eigenvalue weighted by Gasteiger charge is 2.34. The Labute approximate surface area is 160 Å². The van der Waals surface area contributed by atoms with Crippen LogP contribution in [-0.4, -0.2) is 23.1 Å². The van der Waals surface area contributed by atoms with Crippen LogP contribution in [0.5, 0.6) is 0 Å². The number of carbonyl (C=O) groups is 2. The predicted octanol–water partition coefficient (Wildman–Crippen LogP) is 5.43. The van der Waals surface area contributed by atoms with Crippen molar-refractivity contribution in [3.05, 3.63) is 0 Å². The van der Waals surface area contributed by atoms with Crippen molar-refractivity contribution < 1.29 is 19.1 Å². The highest BCUT2D eigenvalue weighted by Crippen LogP contribution is 2.21. The smallest absolute Gasteiger partial charge is 0.320 e. The molecule has 0 N–H and O–H groups in total. The van der Waals surface area contributed by atoms with E-state index in [-0.39, 0.29) is 0 Å². The van der Waals surface area contributed by atoms with E-state index in [1.165, 1.54) is 12.8 Å². The topological polar surface area (TPSA) is 52.6 Å². The van der Waals surface area contributed by atoms with Crippen LogP contribution < -0.4 is 0 Å². The SMILES string of the molecule is C#CCCCCCCCCCC(C(=O)OC(C)(C)C)C(=O)OC(C)(C)C. The fourth-order valence-corrected chi connectivity index (χ4v) is 2.54. The summed E-state index contributed by atoms with van der Waals surface area (Å²) in [6.07, 6.45) is 14.1. The minimum atomic E-state index is -0.843. The summed E-state index contributed by atoms with van der Waals surface area (Å²) in [6.45, 7) is 10.8. The molecule has 4 nitrogen and oxygen atoms in total. The van der Waals surface area contributed by atoms with Gasteiger partial charge in [0.25, 0.3) is 0 Å². The molecule has 0 saturated carbocycles. The van der Waals surface area contributed by atoms with Gasteiger partial charge in [0.15, 0.2) is 5.92 Å². The molecule has 0 heterocycles. The first-order chi connectivity index (χ1) is 12.0. The van der Waals surface area contributed by atoms with Gasteiger partial charge < -0.3 is 9.47 Å². The van der Waals surface area contributed by atoms with Crippen molar-refractivity contribution in [1.29, 1.82) is 0 Å². The Kier molecular flexibility index (Phi) is 11.3. The summed E-state index contributed by atoms with van der Waals surface area (Å²) in [4.78, 5) is 24.8. The van der Waals surface area contributed by atoms with Gasteiger partial charge in [-0.2, -0.15) is 0 Å². The molecular formula is C22H38O4. The molecule has 150 valence electrons. The number of terminal acetylenes is 1. The summed E-state index contributed by atoms with van der Waals surface area (Å²) in [7, 11) is 0. The van der Waals surface area contributed by atoms with Gasteiger partial charge in [0, 0.05) is 6.42 Å². The second-order valence-electron chi connectivity index (χ2n) is 8.84. The third-order valence-corrected chi connectivity index (χ3v) is 3.70. The van der Waals surface area contributed by atoms with Crippen molar-refractivity contribution in [2.75, 3.05) is 0 Å². The third-order valence-electron chi connectivity index (χ3n) is 3.70. The monoisotopic (exact) mass is 366 g/mol. The van der Waals surface area contributed by atoms with E-state index in [2.05, 4.69) is 5.92 Å². The van der Waals surface area contributed by atoms with Gasteiger partial charge in [-0.25, -0.2) is 0 Å². The van der Waals surface area contributed by atoms with Gasteiger partial charge in [0.1, 0.15) is 11.2 Å². The lowest BCUT2D eigenvalue weighted by Crippen LogP contribution is -2.36. The zero-order valence-corrected chi connectivity index (χ0v) is 17.7. The lowest BCUT2D eigenvalue weighted by atomic mass is 9.99. The van der Waals surface area contributed by atoms with Crippen molar-refractivity contribution in [2.45, 2.75) is 111 Å². The first kappa shape index (κ1) is 24.5. The molecule has 0 aliphatic carbocycles. The van der Waals surface area contributed by atoms with E-state index in [0.717, 1.165) is 38.5 Å². The number of rotatable bonds is 11. The Morgan fingerprint density at radius 3 is 1.54 bits per heavy atom. The van der Waals surface area contributed by atoms with Crippen molar-refractivity contribution >= 4 is 11.9 Å². The average molecular weight is 367 g/mol. The van der Waals surface area contributed by atoms with Crippen molar-refractivity contribution in [2.24, 2.45) is 5.92 Å². The maximum absolute atomic E-state index is 12.4. The van der Waals surface area contributed by atoms with Crippen LogP contribution in [0.3, 0.4) is 0 Å². The van der Waals surface area contributed by atoms with E-state index in [9.17, 15) is 9.59 Å². The Morgan fingerprint density at radius 2 is 1.15 bits per heavy atom. The number of ether oxygens (including phenoxy) is 2. The van der Waals surface area contributed by atoms with Gasteiger partial charge in [-0.05, 0) is 54.4 Å². The second-order valence-corrected chi connectivity index (χ2v) is 8.84. The molecule has 0 unspecified atom stereocenters. The number of unbranched alkanes of at least 4 members (excludes halogenated alkanes) is 7. The first-order valence-corrected chi connectivity index (χ1v) is 9.85. The third kappa shape index (κ3) is 13.8. The van der Waals surface area contributed by atoms with E-state index in [0.29, 0.717) is 6.42 Å². The first-order valence-electron chi connectivity index (χ1n) is 9.85. The standard InChI is InChI=1S/C22H38O4/c1-8-9-10-11-12-13-14-15-16-17-18(19(23)25-21(2,3)4)20(24)26-22(5,6)7/h1,18H,9-17H2,2-7H3. The average Bonchev–Trinajstić information content (AvgIpc) is 2.45. The normalized spacial score (nSPS) is 11.9. The summed E-state index contributed by atoms with van der Waals surface area (Å²) in [5.41, 5.74) is -1.23. The molecule has 0 rings (SSSR count). The van der Waals surface area contributed by atoms with Crippen molar-refractivity contribution in [1.82, 2.24) is 0 Å². The molecule has 0 spiro atoms. The molecule has 0 aromatic rings. The lowest BCUT2D eigenvalue weighted by Gasteiger charge is -2.26. The van der Waals surface area contributed by atoms with Crippen LogP contribution >= 0.6 is 0 Å². The van der Waals surface area contributed by atoms with Crippen LogP contribution in [0, 0.1) is 18.3 Å². The van der Waals surface area contributed by atoms with E-state index in [4.69, 9.17) is 15.9 Å². The van der Waals surface area contributed by atoms with Crippen LogP contribution in [0.1, 0.15) is 99.3 Å². The summed E-state index contributed by atoms with van der Waals surface area (Å²) in [6, 6.07) is 0. The lowest BCUT2D eigenvalue weighted by molar-refractivity contribution is -0.174. The molecule has 0 aromatic carbocycles. The Morgan fingerprint density at radius 1 is 0.769 bits per heavy atom. The van der Waals surface area contributed by atoms with Crippen LogP contribution in [0.2, 0.25) is 0 Å². The van der Waals surface area contributed by atoms with Crippen LogP contribution in [0.15, 0.2) is 0 Å². The van der Waals surface area contributed by atoms with Crippen LogP contribution in [0.25, 0.3) is 0 Å². The van der Waals surface area contributed by atoms with Gasteiger partial charge in [0.05, 0.1) is 0 Å². The molecule has 0 bridgehead atoms. The van der Waals surface area contributed by atoms with Crippen LogP contribution in [-0.2, 0) is 19.1 Å². The fourth-order valence-electron chi connectivity index (χ4n) is 2.54. The van der Waals surface area contributed by atoms with Crippen molar-refractivity contribution in [3.8, 4) is 12.3 Å². The minimum absolute atomic E-state index is 0.473. The highest BCUT2D eigenvalue weighted by atomic mass is 16.6. The highest BCUT2D eigenvalue weighted by molar-refractivity contribution is 5.95. The number of hydrogen-bond acceptors (Lipinski definition) is 4. The molecule has 4 heteroatoms. The molecular weight excluding hydrogens is 328 g/mol. The van der Waals surface area contributed by atoms with E-state index >= 15 is 0 Å². The number of carbonyl (C=O) groups excluding carboxylic acids is 2. The van der Waals surface area contributed by atoms with Gasteiger partial charge in [-0.15, -0.1) is 12.3 Å². The quantitative estimate of drug-likeness (QED) is 0.212.